The highest BCUT2D eigenvalue weighted by Crippen LogP contribution is 2.35. The SMILES string of the molecule is CCN1C(=O)/C(=C\c2ccccc2OCCC(=O)O)S/C1=N/c1nc(C)cs1. The van der Waals surface area contributed by atoms with Crippen molar-refractivity contribution >= 4 is 51.4 Å². The maximum Gasteiger partial charge on any atom is 0.306 e. The van der Waals surface area contributed by atoms with Crippen molar-refractivity contribution in [2.75, 3.05) is 13.2 Å². The largest absolute Gasteiger partial charge is 0.492 e. The number of aliphatic imine (C=N–C) groups is 1. The number of aliphatic carboxylic acids is 1. The number of thiazole rings is 1. The second kappa shape index (κ2) is 9.03. The van der Waals surface area contributed by atoms with Gasteiger partial charge in [-0.2, -0.15) is 4.99 Å². The Morgan fingerprint density at radius 3 is 2.86 bits per heavy atom. The molecule has 1 aliphatic rings. The summed E-state index contributed by atoms with van der Waals surface area (Å²) >= 11 is 2.72. The Labute approximate surface area is 170 Å². The van der Waals surface area contributed by atoms with Gasteiger partial charge in [0.05, 0.1) is 23.6 Å². The molecule has 0 aliphatic carbocycles. The first-order valence-electron chi connectivity index (χ1n) is 8.63. The first kappa shape index (κ1) is 20.1. The van der Waals surface area contributed by atoms with Crippen LogP contribution in [0.15, 0.2) is 39.5 Å². The number of benzene rings is 1. The summed E-state index contributed by atoms with van der Waals surface area (Å²) in [5, 5.41) is 11.9. The summed E-state index contributed by atoms with van der Waals surface area (Å²) in [5.41, 5.74) is 1.61. The fourth-order valence-corrected chi connectivity index (χ4v) is 4.22. The number of likely N-dealkylation sites (N-methyl/N-ethyl adjacent to an activating group) is 1. The average molecular weight is 418 g/mol. The van der Waals surface area contributed by atoms with Crippen molar-refractivity contribution in [1.29, 1.82) is 0 Å². The van der Waals surface area contributed by atoms with Crippen molar-refractivity contribution in [3.63, 3.8) is 0 Å². The lowest BCUT2D eigenvalue weighted by Crippen LogP contribution is -2.28. The van der Waals surface area contributed by atoms with Gasteiger partial charge in [-0.05, 0) is 37.8 Å². The number of hydrogen-bond acceptors (Lipinski definition) is 7. The Bertz CT molecular complexity index is 952. The third-order valence-corrected chi connectivity index (χ3v) is 5.64. The topological polar surface area (TPSA) is 92.1 Å². The first-order chi connectivity index (χ1) is 13.5. The van der Waals surface area contributed by atoms with Crippen LogP contribution in [0.1, 0.15) is 24.6 Å². The molecular formula is C19H19N3O4S2. The summed E-state index contributed by atoms with van der Waals surface area (Å²) in [4.78, 5) is 34.5. The van der Waals surface area contributed by atoms with Crippen LogP contribution in [-0.2, 0) is 9.59 Å². The molecule has 1 aromatic heterocycles. The number of carboxylic acids is 1. The minimum absolute atomic E-state index is 0.0633. The Balaban J connectivity index is 1.85. The minimum Gasteiger partial charge on any atom is -0.492 e. The fourth-order valence-electron chi connectivity index (χ4n) is 2.47. The van der Waals surface area contributed by atoms with Gasteiger partial charge in [0.15, 0.2) is 5.17 Å². The van der Waals surface area contributed by atoms with Gasteiger partial charge >= 0.3 is 5.97 Å². The predicted molar refractivity (Wildman–Crippen MR) is 111 cm³/mol. The molecule has 9 heteroatoms. The fraction of sp³-hybridized carbons (Fsp3) is 0.263. The molecule has 1 amide bonds. The number of nitrogens with zero attached hydrogens (tertiary/aromatic N) is 3. The van der Waals surface area contributed by atoms with E-state index in [-0.39, 0.29) is 18.9 Å². The molecule has 0 radical (unpaired) electrons. The van der Waals surface area contributed by atoms with E-state index in [9.17, 15) is 9.59 Å². The molecule has 0 atom stereocenters. The third-order valence-electron chi connectivity index (χ3n) is 3.78. The molecule has 0 saturated carbocycles. The Kier molecular flexibility index (Phi) is 6.48. The first-order valence-corrected chi connectivity index (χ1v) is 10.3. The Morgan fingerprint density at radius 2 is 2.18 bits per heavy atom. The van der Waals surface area contributed by atoms with Crippen LogP contribution in [0.3, 0.4) is 0 Å². The predicted octanol–water partition coefficient (Wildman–Crippen LogP) is 3.93. The van der Waals surface area contributed by atoms with Crippen LogP contribution in [0.5, 0.6) is 5.75 Å². The second-order valence-electron chi connectivity index (χ2n) is 5.86. The number of aromatic nitrogens is 1. The highest BCUT2D eigenvalue weighted by atomic mass is 32.2. The Morgan fingerprint density at radius 1 is 1.39 bits per heavy atom. The Hall–Kier alpha value is -2.65. The van der Waals surface area contributed by atoms with Gasteiger partial charge in [-0.15, -0.1) is 11.3 Å². The van der Waals surface area contributed by atoms with Crippen molar-refractivity contribution < 1.29 is 19.4 Å². The van der Waals surface area contributed by atoms with E-state index in [2.05, 4.69) is 9.98 Å². The summed E-state index contributed by atoms with van der Waals surface area (Å²) in [5.74, 6) is -0.511. The monoisotopic (exact) mass is 417 g/mol. The van der Waals surface area contributed by atoms with Crippen LogP contribution < -0.4 is 4.74 Å². The van der Waals surface area contributed by atoms with E-state index in [0.717, 1.165) is 5.69 Å². The van der Waals surface area contributed by atoms with Gasteiger partial charge in [0.25, 0.3) is 5.91 Å². The zero-order valence-electron chi connectivity index (χ0n) is 15.4. The molecule has 0 unspecified atom stereocenters. The van der Waals surface area contributed by atoms with Crippen LogP contribution in [0, 0.1) is 6.92 Å². The second-order valence-corrected chi connectivity index (χ2v) is 7.70. The number of carbonyl (C=O) groups excluding carboxylic acids is 1. The molecule has 1 fully saturated rings. The van der Waals surface area contributed by atoms with Gasteiger partial charge in [0.1, 0.15) is 5.75 Å². The number of thioether (sulfide) groups is 1. The molecule has 0 spiro atoms. The number of aryl methyl sites for hydroxylation is 1. The van der Waals surface area contributed by atoms with Gasteiger partial charge < -0.3 is 9.84 Å². The molecule has 1 N–H and O–H groups in total. The summed E-state index contributed by atoms with van der Waals surface area (Å²) in [6.45, 7) is 4.36. The van der Waals surface area contributed by atoms with Crippen LogP contribution in [0.2, 0.25) is 0 Å². The van der Waals surface area contributed by atoms with E-state index in [0.29, 0.717) is 33.1 Å². The molecule has 1 saturated heterocycles. The number of amidine groups is 1. The molecule has 2 heterocycles. The zero-order valence-corrected chi connectivity index (χ0v) is 17.0. The molecule has 146 valence electrons. The molecule has 7 nitrogen and oxygen atoms in total. The number of ether oxygens (including phenoxy) is 1. The molecule has 1 aromatic carbocycles. The maximum atomic E-state index is 12.8. The number of rotatable bonds is 7. The number of amides is 1. The van der Waals surface area contributed by atoms with Gasteiger partial charge in [0.2, 0.25) is 5.13 Å². The third kappa shape index (κ3) is 4.79. The smallest absolute Gasteiger partial charge is 0.306 e. The molecule has 0 bridgehead atoms. The maximum absolute atomic E-state index is 12.8. The molecule has 2 aromatic rings. The lowest BCUT2D eigenvalue weighted by molar-refractivity contribution is -0.137. The van der Waals surface area contributed by atoms with Crippen LogP contribution >= 0.6 is 23.1 Å². The van der Waals surface area contributed by atoms with Crippen molar-refractivity contribution in [1.82, 2.24) is 9.88 Å². The van der Waals surface area contributed by atoms with Crippen LogP contribution in [-0.4, -0.2) is 45.2 Å². The minimum atomic E-state index is -0.922. The van der Waals surface area contributed by atoms with Crippen molar-refractivity contribution in [2.45, 2.75) is 20.3 Å². The molecule has 1 aliphatic heterocycles. The standard InChI is InChI=1S/C19H19N3O4S2/c1-3-22-17(25)15(28-19(22)21-18-20-12(2)11-27-18)10-13-6-4-5-7-14(13)26-9-8-16(23)24/h4-7,10-11H,3,8-9H2,1-2H3,(H,23,24)/b15-10+,21-19+. The number of carboxylic acid groups (broad SMARTS) is 1. The van der Waals surface area contributed by atoms with E-state index in [4.69, 9.17) is 9.84 Å². The lowest BCUT2D eigenvalue weighted by Gasteiger charge is -2.11. The zero-order chi connectivity index (χ0) is 20.1. The molecule has 28 heavy (non-hydrogen) atoms. The summed E-state index contributed by atoms with van der Waals surface area (Å²) in [7, 11) is 0. The average Bonchev–Trinajstić information content (AvgIpc) is 3.19. The lowest BCUT2D eigenvalue weighted by atomic mass is 10.2. The van der Waals surface area contributed by atoms with Crippen molar-refractivity contribution in [2.24, 2.45) is 4.99 Å². The summed E-state index contributed by atoms with van der Waals surface area (Å²) in [6, 6.07) is 7.22. The molecular weight excluding hydrogens is 398 g/mol. The van der Waals surface area contributed by atoms with Gasteiger partial charge in [-0.1, -0.05) is 18.2 Å². The van der Waals surface area contributed by atoms with E-state index >= 15 is 0 Å². The van der Waals surface area contributed by atoms with Crippen molar-refractivity contribution in [3.8, 4) is 5.75 Å². The quantitative estimate of drug-likeness (QED) is 0.686. The highest BCUT2D eigenvalue weighted by Gasteiger charge is 2.32. The number of para-hydroxylation sites is 1. The summed E-state index contributed by atoms with van der Waals surface area (Å²) < 4.78 is 5.57. The molecule has 3 rings (SSSR count). The van der Waals surface area contributed by atoms with Crippen LogP contribution in [0.25, 0.3) is 6.08 Å². The van der Waals surface area contributed by atoms with E-state index in [1.807, 2.05) is 31.4 Å². The number of hydrogen-bond donors (Lipinski definition) is 1. The van der Waals surface area contributed by atoms with E-state index in [1.165, 1.54) is 23.1 Å². The van der Waals surface area contributed by atoms with E-state index < -0.39 is 5.97 Å². The van der Waals surface area contributed by atoms with Gasteiger partial charge in [-0.3, -0.25) is 14.5 Å². The van der Waals surface area contributed by atoms with Crippen LogP contribution in [0.4, 0.5) is 5.13 Å². The highest BCUT2D eigenvalue weighted by molar-refractivity contribution is 8.18. The number of carbonyl (C=O) groups is 2. The van der Waals surface area contributed by atoms with Crippen molar-refractivity contribution in [3.05, 3.63) is 45.8 Å². The summed E-state index contributed by atoms with van der Waals surface area (Å²) in [6.07, 6.45) is 1.66. The normalized spacial score (nSPS) is 16.9. The van der Waals surface area contributed by atoms with Gasteiger partial charge in [0, 0.05) is 17.5 Å². The van der Waals surface area contributed by atoms with Gasteiger partial charge in [-0.25, -0.2) is 4.98 Å². The van der Waals surface area contributed by atoms with E-state index in [1.54, 1.807) is 23.1 Å².